The van der Waals surface area contributed by atoms with E-state index in [1.165, 1.54) is 5.56 Å². The minimum absolute atomic E-state index is 0.335. The summed E-state index contributed by atoms with van der Waals surface area (Å²) < 4.78 is 0.853. The number of benzene rings is 2. The molecular formula is C15H11BrCl2N2S. The molecule has 1 aliphatic rings. The van der Waals surface area contributed by atoms with Crippen LogP contribution in [0.2, 0.25) is 10.0 Å². The Morgan fingerprint density at radius 1 is 1.14 bits per heavy atom. The Morgan fingerprint density at radius 3 is 2.48 bits per heavy atom. The quantitative estimate of drug-likeness (QED) is 0.665. The molecule has 21 heavy (non-hydrogen) atoms. The van der Waals surface area contributed by atoms with Crippen LogP contribution in [0, 0.1) is 0 Å². The van der Waals surface area contributed by atoms with Crippen LogP contribution in [-0.2, 0) is 0 Å². The highest BCUT2D eigenvalue weighted by molar-refractivity contribution is 9.10. The van der Waals surface area contributed by atoms with E-state index >= 15 is 0 Å². The Bertz CT molecular complexity index is 668. The third-order valence-electron chi connectivity index (χ3n) is 3.06. The highest BCUT2D eigenvalue weighted by Crippen LogP contribution is 2.39. The first-order valence-electron chi connectivity index (χ1n) is 6.31. The Kier molecular flexibility index (Phi) is 4.79. The number of rotatable bonds is 2. The van der Waals surface area contributed by atoms with Gasteiger partial charge in [0.15, 0.2) is 5.17 Å². The second kappa shape index (κ2) is 6.61. The molecule has 2 aromatic carbocycles. The first-order chi connectivity index (χ1) is 10.1. The summed E-state index contributed by atoms with van der Waals surface area (Å²) in [5, 5.41) is 5.55. The molecule has 1 heterocycles. The van der Waals surface area contributed by atoms with E-state index in [9.17, 15) is 0 Å². The molecule has 2 aromatic rings. The molecule has 0 radical (unpaired) electrons. The van der Waals surface area contributed by atoms with E-state index in [1.54, 1.807) is 11.8 Å². The van der Waals surface area contributed by atoms with Gasteiger partial charge < -0.3 is 5.32 Å². The third kappa shape index (κ3) is 3.57. The van der Waals surface area contributed by atoms with Crippen LogP contribution in [0.1, 0.15) is 10.8 Å². The molecule has 0 aromatic heterocycles. The van der Waals surface area contributed by atoms with Gasteiger partial charge in [0.25, 0.3) is 0 Å². The van der Waals surface area contributed by atoms with Crippen LogP contribution in [0.15, 0.2) is 51.9 Å². The number of halogens is 3. The van der Waals surface area contributed by atoms with Crippen LogP contribution in [-0.4, -0.2) is 11.7 Å². The second-order valence-electron chi connectivity index (χ2n) is 4.53. The highest BCUT2D eigenvalue weighted by atomic mass is 79.9. The smallest absolute Gasteiger partial charge is 0.161 e. The van der Waals surface area contributed by atoms with E-state index in [2.05, 4.69) is 38.4 Å². The van der Waals surface area contributed by atoms with Gasteiger partial charge in [-0.05, 0) is 17.7 Å². The van der Waals surface area contributed by atoms with Gasteiger partial charge in [0.2, 0.25) is 0 Å². The third-order valence-corrected chi connectivity index (χ3v) is 5.28. The molecule has 0 spiro atoms. The maximum Gasteiger partial charge on any atom is 0.161 e. The first kappa shape index (κ1) is 15.2. The fourth-order valence-corrected chi connectivity index (χ4v) is 4.38. The van der Waals surface area contributed by atoms with E-state index in [4.69, 9.17) is 23.2 Å². The van der Waals surface area contributed by atoms with Gasteiger partial charge in [-0.15, -0.1) is 0 Å². The molecular weight excluding hydrogens is 391 g/mol. The van der Waals surface area contributed by atoms with Crippen molar-refractivity contribution in [2.75, 3.05) is 11.9 Å². The Balaban J connectivity index is 1.73. The molecule has 1 N–H and O–H groups in total. The lowest BCUT2D eigenvalue weighted by Crippen LogP contribution is -2.06. The molecule has 6 heteroatoms. The van der Waals surface area contributed by atoms with Crippen LogP contribution >= 0.6 is 50.9 Å². The zero-order valence-corrected chi connectivity index (χ0v) is 14.7. The SMILES string of the molecule is Clc1cc(Br)cc(Cl)c1NC1=NCC(c2ccccc2)S1. The van der Waals surface area contributed by atoms with E-state index < -0.39 is 0 Å². The van der Waals surface area contributed by atoms with Crippen LogP contribution in [0.25, 0.3) is 0 Å². The van der Waals surface area contributed by atoms with Crippen molar-refractivity contribution < 1.29 is 0 Å². The normalized spacial score (nSPS) is 17.7. The van der Waals surface area contributed by atoms with Gasteiger partial charge in [-0.3, -0.25) is 4.99 Å². The average molecular weight is 402 g/mol. The zero-order chi connectivity index (χ0) is 14.8. The van der Waals surface area contributed by atoms with E-state index in [-0.39, 0.29) is 0 Å². The van der Waals surface area contributed by atoms with Crippen molar-refractivity contribution in [2.45, 2.75) is 5.25 Å². The van der Waals surface area contributed by atoms with Crippen LogP contribution < -0.4 is 5.32 Å². The van der Waals surface area contributed by atoms with Crippen molar-refractivity contribution >= 4 is 61.7 Å². The minimum atomic E-state index is 0.335. The zero-order valence-electron chi connectivity index (χ0n) is 10.8. The maximum atomic E-state index is 6.23. The topological polar surface area (TPSA) is 24.4 Å². The number of nitrogens with one attached hydrogen (secondary N) is 1. The van der Waals surface area contributed by atoms with Gasteiger partial charge in [0.1, 0.15) is 0 Å². The van der Waals surface area contributed by atoms with Crippen molar-refractivity contribution in [3.8, 4) is 0 Å². The Hall–Kier alpha value is -0.680. The summed E-state index contributed by atoms with van der Waals surface area (Å²) in [6.07, 6.45) is 0. The molecule has 3 rings (SSSR count). The largest absolute Gasteiger partial charge is 0.333 e. The summed E-state index contributed by atoms with van der Waals surface area (Å²) in [5.74, 6) is 0. The summed E-state index contributed by atoms with van der Waals surface area (Å²) in [5.41, 5.74) is 1.97. The molecule has 0 saturated carbocycles. The summed E-state index contributed by atoms with van der Waals surface area (Å²) in [7, 11) is 0. The lowest BCUT2D eigenvalue weighted by molar-refractivity contribution is 0.966. The second-order valence-corrected chi connectivity index (χ2v) is 7.45. The molecule has 0 aliphatic carbocycles. The van der Waals surface area contributed by atoms with Gasteiger partial charge in [0, 0.05) is 4.47 Å². The molecule has 108 valence electrons. The van der Waals surface area contributed by atoms with Gasteiger partial charge in [-0.25, -0.2) is 0 Å². The van der Waals surface area contributed by atoms with Crippen LogP contribution in [0.4, 0.5) is 5.69 Å². The molecule has 0 saturated heterocycles. The summed E-state index contributed by atoms with van der Waals surface area (Å²) >= 11 is 17.5. The van der Waals surface area contributed by atoms with Crippen molar-refractivity contribution in [1.82, 2.24) is 0 Å². The minimum Gasteiger partial charge on any atom is -0.333 e. The number of thioether (sulfide) groups is 1. The maximum absolute atomic E-state index is 6.23. The van der Waals surface area contributed by atoms with Gasteiger partial charge >= 0.3 is 0 Å². The van der Waals surface area contributed by atoms with Gasteiger partial charge in [0.05, 0.1) is 27.5 Å². The Morgan fingerprint density at radius 2 is 1.81 bits per heavy atom. The summed E-state index contributed by atoms with van der Waals surface area (Å²) in [6, 6.07) is 14.0. The first-order valence-corrected chi connectivity index (χ1v) is 8.74. The molecule has 2 nitrogen and oxygen atoms in total. The number of amidine groups is 1. The number of nitrogens with zero attached hydrogens (tertiary/aromatic N) is 1. The molecule has 1 atom stereocenters. The van der Waals surface area contributed by atoms with Gasteiger partial charge in [-0.2, -0.15) is 0 Å². The molecule has 0 amide bonds. The van der Waals surface area contributed by atoms with E-state index in [0.29, 0.717) is 21.0 Å². The fourth-order valence-electron chi connectivity index (χ4n) is 2.05. The van der Waals surface area contributed by atoms with Crippen LogP contribution in [0.5, 0.6) is 0 Å². The number of anilines is 1. The highest BCUT2D eigenvalue weighted by Gasteiger charge is 2.22. The fraction of sp³-hybridized carbons (Fsp3) is 0.133. The summed E-state index contributed by atoms with van der Waals surface area (Å²) in [6.45, 7) is 0.753. The predicted octanol–water partition coefficient (Wildman–Crippen LogP) is 6.01. The molecule has 0 fully saturated rings. The predicted molar refractivity (Wildman–Crippen MR) is 96.9 cm³/mol. The molecule has 1 aliphatic heterocycles. The Labute approximate surface area is 146 Å². The number of hydrogen-bond acceptors (Lipinski definition) is 3. The number of aliphatic imine (C=N–C) groups is 1. The monoisotopic (exact) mass is 400 g/mol. The van der Waals surface area contributed by atoms with Crippen molar-refractivity contribution in [1.29, 1.82) is 0 Å². The number of hydrogen-bond donors (Lipinski definition) is 1. The molecule has 1 unspecified atom stereocenters. The average Bonchev–Trinajstić information content (AvgIpc) is 2.92. The summed E-state index contributed by atoms with van der Waals surface area (Å²) in [4.78, 5) is 4.53. The lowest BCUT2D eigenvalue weighted by Gasteiger charge is -2.12. The molecule has 0 bridgehead atoms. The van der Waals surface area contributed by atoms with E-state index in [0.717, 1.165) is 16.2 Å². The van der Waals surface area contributed by atoms with E-state index in [1.807, 2.05) is 30.3 Å². The van der Waals surface area contributed by atoms with Gasteiger partial charge in [-0.1, -0.05) is 81.2 Å². The van der Waals surface area contributed by atoms with Crippen molar-refractivity contribution in [2.24, 2.45) is 4.99 Å². The van der Waals surface area contributed by atoms with Crippen molar-refractivity contribution in [3.05, 3.63) is 62.5 Å². The lowest BCUT2D eigenvalue weighted by atomic mass is 10.1. The standard InChI is InChI=1S/C15H11BrCl2N2S/c16-10-6-11(17)14(12(18)7-10)20-15-19-8-13(21-15)9-4-2-1-3-5-9/h1-7,13H,8H2,(H,19,20). The van der Waals surface area contributed by atoms with Crippen molar-refractivity contribution in [3.63, 3.8) is 0 Å². The van der Waals surface area contributed by atoms with Crippen LogP contribution in [0.3, 0.4) is 0 Å².